The number of aromatic nitrogens is 2. The maximum absolute atomic E-state index is 16.1. The van der Waals surface area contributed by atoms with Crippen molar-refractivity contribution < 1.29 is 44.6 Å². The van der Waals surface area contributed by atoms with Crippen molar-refractivity contribution in [2.24, 2.45) is 5.92 Å². The summed E-state index contributed by atoms with van der Waals surface area (Å²) in [6.07, 6.45) is -3.34. The zero-order chi connectivity index (χ0) is 34.2. The number of hydrogen-bond acceptors (Lipinski definition) is 9. The van der Waals surface area contributed by atoms with Crippen molar-refractivity contribution in [3.05, 3.63) is 89.2 Å². The van der Waals surface area contributed by atoms with Gasteiger partial charge in [-0.2, -0.15) is 17.5 Å². The summed E-state index contributed by atoms with van der Waals surface area (Å²) in [7, 11) is -1.73. The topological polar surface area (TPSA) is 94.1 Å². The lowest BCUT2D eigenvalue weighted by atomic mass is 9.84. The Labute approximate surface area is 278 Å². The second-order valence-electron chi connectivity index (χ2n) is 11.5. The molecule has 0 amide bonds. The van der Waals surface area contributed by atoms with Crippen LogP contribution in [0.5, 0.6) is 17.2 Å². The quantitative estimate of drug-likeness (QED) is 0.171. The maximum Gasteiger partial charge on any atom is 0.391 e. The molecule has 0 spiro atoms. The Morgan fingerprint density at radius 2 is 1.79 bits per heavy atom. The van der Waals surface area contributed by atoms with E-state index in [1.54, 1.807) is 18.2 Å². The fourth-order valence-electron chi connectivity index (χ4n) is 6.37. The lowest BCUT2D eigenvalue weighted by Gasteiger charge is -2.46. The van der Waals surface area contributed by atoms with E-state index in [9.17, 15) is 26.0 Å². The second kappa shape index (κ2) is 13.5. The smallest absolute Gasteiger partial charge is 0.391 e. The highest BCUT2D eigenvalue weighted by atomic mass is 32.2. The molecular weight excluding hydrogens is 679 g/mol. The SMILES string of the molecule is COc1ccc(CN(c2ncns2)S(=O)(=O)c2cc3c(cc2F)C(N2CC[C@H](C(F)(F)F)C[C@@H]2c2ccc(F)cc2)CCO3)c(OC)c1. The third kappa shape index (κ3) is 6.65. The van der Waals surface area contributed by atoms with Crippen LogP contribution in [0, 0.1) is 17.6 Å². The van der Waals surface area contributed by atoms with Gasteiger partial charge >= 0.3 is 6.18 Å². The molecule has 6 rings (SSSR count). The van der Waals surface area contributed by atoms with Gasteiger partial charge in [0.25, 0.3) is 10.0 Å². The Morgan fingerprint density at radius 1 is 1.02 bits per heavy atom. The van der Waals surface area contributed by atoms with E-state index in [2.05, 4.69) is 9.36 Å². The first-order valence-electron chi connectivity index (χ1n) is 14.9. The molecule has 16 heteroatoms. The van der Waals surface area contributed by atoms with Gasteiger partial charge in [0.2, 0.25) is 5.13 Å². The number of methoxy groups -OCH3 is 2. The largest absolute Gasteiger partial charge is 0.497 e. The summed E-state index contributed by atoms with van der Waals surface area (Å²) in [4.78, 5) is 5.26. The van der Waals surface area contributed by atoms with Gasteiger partial charge in [0.15, 0.2) is 0 Å². The monoisotopic (exact) mass is 710 g/mol. The molecule has 0 bridgehead atoms. The molecule has 1 unspecified atom stereocenters. The number of fused-ring (bicyclic) bond motifs is 1. The van der Waals surface area contributed by atoms with Gasteiger partial charge in [-0.1, -0.05) is 12.1 Å². The Balaban J connectivity index is 1.37. The van der Waals surface area contributed by atoms with Crippen molar-refractivity contribution in [1.82, 2.24) is 14.3 Å². The van der Waals surface area contributed by atoms with Gasteiger partial charge in [0.05, 0.1) is 33.3 Å². The van der Waals surface area contributed by atoms with Crippen molar-refractivity contribution in [3.8, 4) is 17.2 Å². The zero-order valence-corrected chi connectivity index (χ0v) is 27.4. The third-order valence-corrected chi connectivity index (χ3v) is 11.3. The fraction of sp³-hybridized carbons (Fsp3) is 0.375. The molecule has 0 radical (unpaired) electrons. The van der Waals surface area contributed by atoms with Crippen LogP contribution in [0.4, 0.5) is 27.1 Å². The van der Waals surface area contributed by atoms with Crippen molar-refractivity contribution in [2.45, 2.75) is 49.0 Å². The lowest BCUT2D eigenvalue weighted by Crippen LogP contribution is -2.44. The van der Waals surface area contributed by atoms with Gasteiger partial charge in [-0.25, -0.2) is 26.5 Å². The van der Waals surface area contributed by atoms with E-state index in [4.69, 9.17) is 14.2 Å². The number of nitrogens with zero attached hydrogens (tertiary/aromatic N) is 4. The van der Waals surface area contributed by atoms with Gasteiger partial charge in [-0.15, -0.1) is 0 Å². The number of alkyl halides is 3. The van der Waals surface area contributed by atoms with Crippen LogP contribution in [-0.4, -0.2) is 56.2 Å². The first-order valence-corrected chi connectivity index (χ1v) is 17.2. The minimum absolute atomic E-state index is 0.0153. The van der Waals surface area contributed by atoms with Gasteiger partial charge in [-0.05, 0) is 55.3 Å². The predicted octanol–water partition coefficient (Wildman–Crippen LogP) is 7.07. The minimum atomic E-state index is -4.63. The van der Waals surface area contributed by atoms with Crippen LogP contribution in [-0.2, 0) is 16.6 Å². The van der Waals surface area contributed by atoms with Crippen LogP contribution in [0.2, 0.25) is 0 Å². The molecule has 0 N–H and O–H groups in total. The van der Waals surface area contributed by atoms with Crippen molar-refractivity contribution >= 4 is 26.7 Å². The van der Waals surface area contributed by atoms with Crippen LogP contribution in [0.25, 0.3) is 0 Å². The summed E-state index contributed by atoms with van der Waals surface area (Å²) in [6, 6.07) is 11.0. The Hall–Kier alpha value is -4.02. The average Bonchev–Trinajstić information content (AvgIpc) is 3.61. The summed E-state index contributed by atoms with van der Waals surface area (Å²) in [5.41, 5.74) is 1.26. The van der Waals surface area contributed by atoms with Gasteiger partial charge < -0.3 is 14.2 Å². The van der Waals surface area contributed by atoms with E-state index in [-0.39, 0.29) is 43.4 Å². The zero-order valence-electron chi connectivity index (χ0n) is 25.8. The van der Waals surface area contributed by atoms with Crippen LogP contribution in [0.3, 0.4) is 0 Å². The molecular formula is C32H31F5N4O5S2. The predicted molar refractivity (Wildman–Crippen MR) is 167 cm³/mol. The van der Waals surface area contributed by atoms with Crippen LogP contribution in [0.15, 0.2) is 65.8 Å². The highest BCUT2D eigenvalue weighted by molar-refractivity contribution is 7.93. The average molecular weight is 711 g/mol. The number of rotatable bonds is 9. The molecule has 0 saturated carbocycles. The normalized spacial score (nSPS) is 20.1. The van der Waals surface area contributed by atoms with Crippen molar-refractivity contribution in [2.75, 3.05) is 31.7 Å². The van der Waals surface area contributed by atoms with E-state index in [1.165, 1.54) is 44.8 Å². The van der Waals surface area contributed by atoms with Gasteiger partial charge in [-0.3, -0.25) is 4.90 Å². The molecule has 1 aromatic heterocycles. The number of sulfonamides is 1. The van der Waals surface area contributed by atoms with E-state index >= 15 is 4.39 Å². The molecule has 9 nitrogen and oxygen atoms in total. The van der Waals surface area contributed by atoms with E-state index in [1.807, 2.05) is 4.90 Å². The molecule has 0 aliphatic carbocycles. The number of likely N-dealkylation sites (tertiary alicyclic amines) is 1. The molecule has 48 heavy (non-hydrogen) atoms. The Bertz CT molecular complexity index is 1860. The molecule has 2 aliphatic rings. The summed E-state index contributed by atoms with van der Waals surface area (Å²) in [5.74, 6) is -2.24. The maximum atomic E-state index is 16.1. The third-order valence-electron chi connectivity index (χ3n) is 8.77. The molecule has 256 valence electrons. The number of anilines is 1. The van der Waals surface area contributed by atoms with E-state index in [0.717, 1.165) is 28.0 Å². The van der Waals surface area contributed by atoms with Crippen molar-refractivity contribution in [3.63, 3.8) is 0 Å². The highest BCUT2D eigenvalue weighted by Gasteiger charge is 2.47. The van der Waals surface area contributed by atoms with Crippen molar-refractivity contribution in [1.29, 1.82) is 0 Å². The minimum Gasteiger partial charge on any atom is -0.497 e. The molecule has 3 atom stereocenters. The molecule has 1 fully saturated rings. The second-order valence-corrected chi connectivity index (χ2v) is 14.0. The Kier molecular flexibility index (Phi) is 9.51. The van der Waals surface area contributed by atoms with E-state index in [0.29, 0.717) is 34.6 Å². The van der Waals surface area contributed by atoms with Crippen LogP contribution in [0.1, 0.15) is 48.0 Å². The summed E-state index contributed by atoms with van der Waals surface area (Å²) < 4.78 is 121. The number of hydrogen-bond donors (Lipinski definition) is 0. The summed E-state index contributed by atoms with van der Waals surface area (Å²) in [6.45, 7) is -0.133. The molecule has 1 saturated heterocycles. The highest BCUT2D eigenvalue weighted by Crippen LogP contribution is 2.49. The number of piperidine rings is 1. The number of ether oxygens (including phenoxy) is 3. The summed E-state index contributed by atoms with van der Waals surface area (Å²) >= 11 is 0.804. The standard InChI is InChI=1S/C32H31F5N4O5S2/c1-44-23-8-5-20(28(14-23)45-2)17-41(31-38-18-39-47-31)48(42,43)30-16-29-24(15-25(30)34)26(10-12-46-29)40-11-9-21(32(35,36)37)13-27(40)19-3-6-22(33)7-4-19/h3-8,14-16,18,21,26-27H,9-13,17H2,1-2H3/t21-,26?,27+/m0/s1. The number of benzene rings is 3. The first kappa shape index (κ1) is 33.9. The number of halogens is 5. The fourth-order valence-corrected chi connectivity index (χ4v) is 8.56. The molecule has 2 aliphatic heterocycles. The van der Waals surface area contributed by atoms with Gasteiger partial charge in [0.1, 0.15) is 40.1 Å². The summed E-state index contributed by atoms with van der Waals surface area (Å²) in [5, 5.41) is -0.0153. The van der Waals surface area contributed by atoms with Crippen LogP contribution < -0.4 is 18.5 Å². The first-order chi connectivity index (χ1) is 22.9. The van der Waals surface area contributed by atoms with Gasteiger partial charge in [0, 0.05) is 53.3 Å². The molecule has 3 heterocycles. The van der Waals surface area contributed by atoms with Crippen LogP contribution >= 0.6 is 11.5 Å². The Morgan fingerprint density at radius 3 is 2.46 bits per heavy atom. The molecule has 3 aromatic carbocycles. The lowest BCUT2D eigenvalue weighted by molar-refractivity contribution is -0.192. The molecule has 4 aromatic rings. The van der Waals surface area contributed by atoms with E-state index < -0.39 is 50.7 Å².